The average Bonchev–Trinajstić information content (AvgIpc) is 2.91. The molecule has 4 amide bonds. The van der Waals surface area contributed by atoms with Crippen LogP contribution in [0.4, 0.5) is 10.5 Å². The van der Waals surface area contributed by atoms with E-state index in [1.165, 1.54) is 13.2 Å². The number of urea groups is 1. The summed E-state index contributed by atoms with van der Waals surface area (Å²) in [4.78, 5) is 39.5. The predicted octanol–water partition coefficient (Wildman–Crippen LogP) is 6.54. The Hall–Kier alpha value is -4.07. The minimum Gasteiger partial charge on any atom is -0.493 e. The summed E-state index contributed by atoms with van der Waals surface area (Å²) in [6.07, 6.45) is 4.36. The van der Waals surface area contributed by atoms with Crippen molar-refractivity contribution < 1.29 is 23.9 Å². The topological polar surface area (TPSA) is 84.9 Å². The Balaban J connectivity index is 1.69. The number of nitrogens with zero attached hydrogens (tertiary/aromatic N) is 1. The lowest BCUT2D eigenvalue weighted by atomic mass is 10.0. The van der Waals surface area contributed by atoms with Crippen LogP contribution in [0.5, 0.6) is 11.5 Å². The monoisotopic (exact) mass is 564 g/mol. The SMILES string of the molecule is C=CCc1cc(/C=C2/C(=O)NC(=O)N(c3ccc(CC)cc3)C2=O)cc(OC)c1OCc1ccc(Cl)cc1Cl. The Morgan fingerprint density at radius 1 is 1.00 bits per heavy atom. The van der Waals surface area contributed by atoms with Gasteiger partial charge in [-0.25, -0.2) is 9.69 Å². The zero-order valence-electron chi connectivity index (χ0n) is 21.4. The summed E-state index contributed by atoms with van der Waals surface area (Å²) < 4.78 is 11.7. The second kappa shape index (κ2) is 12.2. The molecule has 0 unspecified atom stereocenters. The summed E-state index contributed by atoms with van der Waals surface area (Å²) in [5.41, 5.74) is 3.19. The van der Waals surface area contributed by atoms with Crippen molar-refractivity contribution in [3.8, 4) is 11.5 Å². The normalized spacial score (nSPS) is 14.4. The number of rotatable bonds is 9. The highest BCUT2D eigenvalue weighted by molar-refractivity contribution is 6.39. The lowest BCUT2D eigenvalue weighted by Gasteiger charge is -2.26. The third kappa shape index (κ3) is 6.16. The van der Waals surface area contributed by atoms with E-state index in [0.29, 0.717) is 44.8 Å². The number of carbonyl (C=O) groups is 3. The lowest BCUT2D eigenvalue weighted by molar-refractivity contribution is -0.122. The van der Waals surface area contributed by atoms with Crippen molar-refractivity contribution in [2.75, 3.05) is 12.0 Å². The molecule has 39 heavy (non-hydrogen) atoms. The molecule has 7 nitrogen and oxygen atoms in total. The maximum absolute atomic E-state index is 13.3. The number of nitrogens with one attached hydrogen (secondary N) is 1. The van der Waals surface area contributed by atoms with Gasteiger partial charge in [-0.05, 0) is 66.4 Å². The molecule has 200 valence electrons. The van der Waals surface area contributed by atoms with Crippen molar-refractivity contribution in [1.82, 2.24) is 5.32 Å². The number of aryl methyl sites for hydroxylation is 1. The van der Waals surface area contributed by atoms with Crippen LogP contribution in [-0.2, 0) is 29.0 Å². The Kier molecular flexibility index (Phi) is 8.74. The molecule has 1 saturated heterocycles. The van der Waals surface area contributed by atoms with Crippen LogP contribution in [0.3, 0.4) is 0 Å². The molecule has 0 radical (unpaired) electrons. The third-order valence-electron chi connectivity index (χ3n) is 6.14. The van der Waals surface area contributed by atoms with E-state index in [1.807, 2.05) is 19.1 Å². The number of anilines is 1. The van der Waals surface area contributed by atoms with E-state index in [1.54, 1.807) is 48.5 Å². The fraction of sp³-hybridized carbons (Fsp3) is 0.167. The van der Waals surface area contributed by atoms with Crippen molar-refractivity contribution >= 4 is 52.8 Å². The van der Waals surface area contributed by atoms with Gasteiger partial charge in [0.1, 0.15) is 12.2 Å². The molecule has 0 aromatic heterocycles. The average molecular weight is 565 g/mol. The van der Waals surface area contributed by atoms with Crippen molar-refractivity contribution in [1.29, 1.82) is 0 Å². The molecule has 1 fully saturated rings. The van der Waals surface area contributed by atoms with Gasteiger partial charge in [0.05, 0.1) is 12.8 Å². The van der Waals surface area contributed by atoms with E-state index in [2.05, 4.69) is 11.9 Å². The van der Waals surface area contributed by atoms with Crippen molar-refractivity contribution in [2.45, 2.75) is 26.4 Å². The van der Waals surface area contributed by atoms with Crippen molar-refractivity contribution in [2.24, 2.45) is 0 Å². The molecule has 3 aromatic rings. The first-order valence-corrected chi connectivity index (χ1v) is 12.9. The molecule has 0 spiro atoms. The first-order valence-electron chi connectivity index (χ1n) is 12.1. The highest BCUT2D eigenvalue weighted by Crippen LogP contribution is 2.36. The number of hydrogen-bond acceptors (Lipinski definition) is 5. The number of allylic oxidation sites excluding steroid dienone is 1. The van der Waals surface area contributed by atoms with Crippen LogP contribution < -0.4 is 19.7 Å². The van der Waals surface area contributed by atoms with Gasteiger partial charge in [0.25, 0.3) is 11.8 Å². The van der Waals surface area contributed by atoms with Crippen LogP contribution in [0.15, 0.2) is 72.8 Å². The third-order valence-corrected chi connectivity index (χ3v) is 6.73. The van der Waals surface area contributed by atoms with E-state index in [4.69, 9.17) is 32.7 Å². The molecule has 0 aliphatic carbocycles. The first-order chi connectivity index (χ1) is 18.7. The van der Waals surface area contributed by atoms with Crippen LogP contribution in [0, 0.1) is 0 Å². The fourth-order valence-electron chi connectivity index (χ4n) is 4.12. The van der Waals surface area contributed by atoms with Gasteiger partial charge in [-0.15, -0.1) is 6.58 Å². The van der Waals surface area contributed by atoms with Crippen LogP contribution in [-0.4, -0.2) is 25.0 Å². The van der Waals surface area contributed by atoms with Gasteiger partial charge in [0.15, 0.2) is 11.5 Å². The molecule has 0 atom stereocenters. The van der Waals surface area contributed by atoms with Gasteiger partial charge >= 0.3 is 6.03 Å². The van der Waals surface area contributed by atoms with E-state index >= 15 is 0 Å². The molecule has 3 aromatic carbocycles. The van der Waals surface area contributed by atoms with Crippen LogP contribution in [0.1, 0.15) is 29.2 Å². The molecule has 0 bridgehead atoms. The number of ether oxygens (including phenoxy) is 2. The maximum atomic E-state index is 13.3. The quantitative estimate of drug-likeness (QED) is 0.181. The Morgan fingerprint density at radius 3 is 2.38 bits per heavy atom. The van der Waals surface area contributed by atoms with Crippen molar-refractivity contribution in [3.05, 3.63) is 105 Å². The largest absolute Gasteiger partial charge is 0.493 e. The molecule has 1 heterocycles. The first kappa shape index (κ1) is 28.0. The molecular weight excluding hydrogens is 539 g/mol. The van der Waals surface area contributed by atoms with Crippen LogP contribution in [0.25, 0.3) is 6.08 Å². The fourth-order valence-corrected chi connectivity index (χ4v) is 4.58. The standard InChI is InChI=1S/C30H26Cl2N2O5/c1-4-6-20-13-19(15-26(38-3)27(20)39-17-21-9-10-22(31)16-25(21)32)14-24-28(35)33-30(37)34(29(24)36)23-11-7-18(5-2)8-12-23/h4,7-16H,1,5-6,17H2,2-3H3,(H,33,35,37)/b24-14-. The van der Waals surface area contributed by atoms with E-state index in [9.17, 15) is 14.4 Å². The molecule has 1 aliphatic heterocycles. The van der Waals surface area contributed by atoms with Crippen LogP contribution >= 0.6 is 23.2 Å². The minimum absolute atomic E-state index is 0.158. The number of methoxy groups -OCH3 is 1. The number of hydrogen-bond donors (Lipinski definition) is 1. The smallest absolute Gasteiger partial charge is 0.335 e. The summed E-state index contributed by atoms with van der Waals surface area (Å²) in [5.74, 6) is -0.654. The molecule has 1 aliphatic rings. The highest BCUT2D eigenvalue weighted by Gasteiger charge is 2.36. The Labute approximate surface area is 236 Å². The zero-order valence-corrected chi connectivity index (χ0v) is 22.9. The zero-order chi connectivity index (χ0) is 28.1. The number of barbiturate groups is 1. The summed E-state index contributed by atoms with van der Waals surface area (Å²) in [6.45, 7) is 5.98. The molecule has 1 N–H and O–H groups in total. The maximum Gasteiger partial charge on any atom is 0.335 e. The van der Waals surface area contributed by atoms with E-state index in [-0.39, 0.29) is 12.2 Å². The summed E-state index contributed by atoms with van der Waals surface area (Å²) in [5, 5.41) is 3.24. The van der Waals surface area contributed by atoms with Crippen LogP contribution in [0.2, 0.25) is 10.0 Å². The van der Waals surface area contributed by atoms with Gasteiger partial charge in [-0.1, -0.05) is 54.4 Å². The number of amides is 4. The van der Waals surface area contributed by atoms with E-state index < -0.39 is 17.8 Å². The number of imide groups is 2. The Bertz CT molecular complexity index is 1480. The van der Waals surface area contributed by atoms with Gasteiger partial charge in [-0.3, -0.25) is 14.9 Å². The van der Waals surface area contributed by atoms with Gasteiger partial charge in [0, 0.05) is 21.2 Å². The van der Waals surface area contributed by atoms with Gasteiger partial charge in [0.2, 0.25) is 0 Å². The molecule has 0 saturated carbocycles. The molecule has 9 heteroatoms. The molecular formula is C30H26Cl2N2O5. The predicted molar refractivity (Wildman–Crippen MR) is 153 cm³/mol. The Morgan fingerprint density at radius 2 is 1.74 bits per heavy atom. The minimum atomic E-state index is -0.805. The van der Waals surface area contributed by atoms with E-state index in [0.717, 1.165) is 22.4 Å². The second-order valence-corrected chi connectivity index (χ2v) is 9.55. The molecule has 4 rings (SSSR count). The van der Waals surface area contributed by atoms with Gasteiger partial charge in [-0.2, -0.15) is 0 Å². The summed E-state index contributed by atoms with van der Waals surface area (Å²) in [6, 6.07) is 14.8. The summed E-state index contributed by atoms with van der Waals surface area (Å²) in [7, 11) is 1.49. The van der Waals surface area contributed by atoms with Crippen molar-refractivity contribution in [3.63, 3.8) is 0 Å². The highest BCUT2D eigenvalue weighted by atomic mass is 35.5. The lowest BCUT2D eigenvalue weighted by Crippen LogP contribution is -2.54. The number of halogens is 2. The second-order valence-electron chi connectivity index (χ2n) is 8.71. The number of carbonyl (C=O) groups excluding carboxylic acids is 3. The van der Waals surface area contributed by atoms with Gasteiger partial charge < -0.3 is 9.47 Å². The number of benzene rings is 3. The summed E-state index contributed by atoms with van der Waals surface area (Å²) >= 11 is 12.3.